The van der Waals surface area contributed by atoms with Crippen LogP contribution in [0, 0.1) is 5.92 Å². The maximum absolute atomic E-state index is 6.00. The van der Waals surface area contributed by atoms with Crippen molar-refractivity contribution in [2.24, 2.45) is 11.7 Å². The summed E-state index contributed by atoms with van der Waals surface area (Å²) >= 11 is 11.9. The second kappa shape index (κ2) is 5.39. The Kier molecular flexibility index (Phi) is 4.12. The minimum absolute atomic E-state index is 0.421. The monoisotopic (exact) mass is 257 g/mol. The van der Waals surface area contributed by atoms with Crippen molar-refractivity contribution in [2.75, 3.05) is 0 Å². The van der Waals surface area contributed by atoms with E-state index in [1.807, 2.05) is 12.1 Å². The minimum atomic E-state index is 0.421. The molecule has 0 bridgehead atoms. The number of rotatable bonds is 2. The van der Waals surface area contributed by atoms with E-state index in [2.05, 4.69) is 6.07 Å². The van der Waals surface area contributed by atoms with Gasteiger partial charge in [-0.25, -0.2) is 0 Å². The third-order valence-electron chi connectivity index (χ3n) is 3.40. The van der Waals surface area contributed by atoms with Gasteiger partial charge in [0.1, 0.15) is 0 Å². The van der Waals surface area contributed by atoms with Gasteiger partial charge in [-0.15, -0.1) is 0 Å². The molecule has 0 aromatic heterocycles. The maximum atomic E-state index is 6.00. The lowest BCUT2D eigenvalue weighted by Gasteiger charge is -2.26. The summed E-state index contributed by atoms with van der Waals surface area (Å²) in [7, 11) is 0. The van der Waals surface area contributed by atoms with Crippen LogP contribution in [0.4, 0.5) is 0 Å². The molecule has 0 heterocycles. The Morgan fingerprint density at radius 1 is 1.06 bits per heavy atom. The van der Waals surface area contributed by atoms with Crippen molar-refractivity contribution in [3.63, 3.8) is 0 Å². The van der Waals surface area contributed by atoms with E-state index in [1.54, 1.807) is 0 Å². The molecule has 0 spiro atoms. The zero-order chi connectivity index (χ0) is 11.5. The Hall–Kier alpha value is -0.240. The molecule has 16 heavy (non-hydrogen) atoms. The molecule has 1 aromatic carbocycles. The van der Waals surface area contributed by atoms with Crippen LogP contribution < -0.4 is 5.73 Å². The molecule has 0 radical (unpaired) electrons. The van der Waals surface area contributed by atoms with Gasteiger partial charge in [-0.2, -0.15) is 0 Å². The van der Waals surface area contributed by atoms with Crippen molar-refractivity contribution in [3.05, 3.63) is 33.8 Å². The lowest BCUT2D eigenvalue weighted by molar-refractivity contribution is 0.325. The molecular formula is C13H17Cl2N. The van der Waals surface area contributed by atoms with Crippen molar-refractivity contribution in [3.8, 4) is 0 Å². The summed E-state index contributed by atoms with van der Waals surface area (Å²) < 4.78 is 0. The van der Waals surface area contributed by atoms with E-state index < -0.39 is 0 Å². The van der Waals surface area contributed by atoms with E-state index >= 15 is 0 Å². The molecule has 0 aliphatic heterocycles. The molecule has 2 rings (SSSR count). The molecule has 0 atom stereocenters. The fourth-order valence-corrected chi connectivity index (χ4v) is 2.71. The molecule has 0 amide bonds. The summed E-state index contributed by atoms with van der Waals surface area (Å²) in [6.45, 7) is 0. The van der Waals surface area contributed by atoms with Crippen LogP contribution in [0.5, 0.6) is 0 Å². The lowest BCUT2D eigenvalue weighted by atomic mass is 9.83. The van der Waals surface area contributed by atoms with Gasteiger partial charge in [0.25, 0.3) is 0 Å². The predicted molar refractivity (Wildman–Crippen MR) is 70.1 cm³/mol. The van der Waals surface area contributed by atoms with E-state index in [9.17, 15) is 0 Å². The topological polar surface area (TPSA) is 26.0 Å². The highest BCUT2D eigenvalue weighted by Crippen LogP contribution is 2.29. The van der Waals surface area contributed by atoms with Crippen LogP contribution in [-0.4, -0.2) is 6.04 Å². The average Bonchev–Trinajstić information content (AvgIpc) is 2.27. The first-order valence-electron chi connectivity index (χ1n) is 5.84. The molecule has 1 aliphatic rings. The molecule has 1 fully saturated rings. The maximum Gasteiger partial charge on any atom is 0.0595 e. The predicted octanol–water partition coefficient (Wildman–Crippen LogP) is 4.05. The Morgan fingerprint density at radius 3 is 2.38 bits per heavy atom. The van der Waals surface area contributed by atoms with E-state index in [4.69, 9.17) is 28.9 Å². The van der Waals surface area contributed by atoms with Gasteiger partial charge in [-0.3, -0.25) is 0 Å². The van der Waals surface area contributed by atoms with Crippen LogP contribution in [0.1, 0.15) is 31.2 Å². The van der Waals surface area contributed by atoms with Crippen LogP contribution in [0.2, 0.25) is 10.0 Å². The molecule has 1 aromatic rings. The van der Waals surface area contributed by atoms with Crippen molar-refractivity contribution in [2.45, 2.75) is 38.1 Å². The second-order valence-electron chi connectivity index (χ2n) is 4.73. The first-order chi connectivity index (χ1) is 7.65. The summed E-state index contributed by atoms with van der Waals surface area (Å²) in [6.07, 6.45) is 5.89. The highest BCUT2D eigenvalue weighted by Gasteiger charge is 2.18. The van der Waals surface area contributed by atoms with Crippen molar-refractivity contribution < 1.29 is 0 Å². The van der Waals surface area contributed by atoms with Crippen molar-refractivity contribution in [1.82, 2.24) is 0 Å². The summed E-state index contributed by atoms with van der Waals surface area (Å²) in [4.78, 5) is 0. The number of hydrogen-bond acceptors (Lipinski definition) is 1. The van der Waals surface area contributed by atoms with Crippen LogP contribution in [0.15, 0.2) is 18.2 Å². The zero-order valence-corrected chi connectivity index (χ0v) is 10.8. The Labute approximate surface area is 107 Å². The number of halogens is 2. The third-order valence-corrected chi connectivity index (χ3v) is 4.14. The zero-order valence-electron chi connectivity index (χ0n) is 9.26. The molecule has 1 aliphatic carbocycles. The highest BCUT2D eigenvalue weighted by atomic mass is 35.5. The van der Waals surface area contributed by atoms with Gasteiger partial charge in [0.05, 0.1) is 10.0 Å². The lowest BCUT2D eigenvalue weighted by Crippen LogP contribution is -2.27. The molecule has 0 unspecified atom stereocenters. The third kappa shape index (κ3) is 3.13. The molecule has 88 valence electrons. The van der Waals surface area contributed by atoms with Gasteiger partial charge in [-0.1, -0.05) is 29.3 Å². The Balaban J connectivity index is 1.96. The largest absolute Gasteiger partial charge is 0.328 e. The standard InChI is InChI=1S/C13H17Cl2N/c14-12-6-3-10(8-13(12)15)7-9-1-4-11(16)5-2-9/h3,6,8-9,11H,1-2,4-5,7,16H2. The molecule has 1 nitrogen and oxygen atoms in total. The van der Waals surface area contributed by atoms with Crippen molar-refractivity contribution in [1.29, 1.82) is 0 Å². The fourth-order valence-electron chi connectivity index (χ4n) is 2.39. The smallest absolute Gasteiger partial charge is 0.0595 e. The van der Waals surface area contributed by atoms with Crippen LogP contribution >= 0.6 is 23.2 Å². The molecular weight excluding hydrogens is 241 g/mol. The summed E-state index contributed by atoms with van der Waals surface area (Å²) in [5, 5.41) is 1.29. The number of hydrogen-bond donors (Lipinski definition) is 1. The highest BCUT2D eigenvalue weighted by molar-refractivity contribution is 6.42. The quantitative estimate of drug-likeness (QED) is 0.850. The summed E-state index contributed by atoms with van der Waals surface area (Å²) in [5.41, 5.74) is 7.18. The molecule has 2 N–H and O–H groups in total. The van der Waals surface area contributed by atoms with Crippen LogP contribution in [0.25, 0.3) is 0 Å². The van der Waals surface area contributed by atoms with Gasteiger partial charge in [-0.05, 0) is 55.7 Å². The average molecular weight is 258 g/mol. The summed E-state index contributed by atoms with van der Waals surface area (Å²) in [6, 6.07) is 6.36. The van der Waals surface area contributed by atoms with E-state index in [1.165, 1.54) is 18.4 Å². The normalized spacial score (nSPS) is 25.7. The number of benzene rings is 1. The Morgan fingerprint density at radius 2 is 1.75 bits per heavy atom. The van der Waals surface area contributed by atoms with Crippen molar-refractivity contribution >= 4 is 23.2 Å². The van der Waals surface area contributed by atoms with Gasteiger partial charge >= 0.3 is 0 Å². The van der Waals surface area contributed by atoms with E-state index in [-0.39, 0.29) is 0 Å². The molecule has 3 heteroatoms. The first kappa shape index (κ1) is 12.2. The van der Waals surface area contributed by atoms with Gasteiger partial charge in [0.15, 0.2) is 0 Å². The SMILES string of the molecule is NC1CCC(Cc2ccc(Cl)c(Cl)c2)CC1. The van der Waals surface area contributed by atoms with Gasteiger partial charge in [0, 0.05) is 6.04 Å². The van der Waals surface area contributed by atoms with E-state index in [0.717, 1.165) is 25.2 Å². The summed E-state index contributed by atoms with van der Waals surface area (Å²) in [5.74, 6) is 0.761. The fraction of sp³-hybridized carbons (Fsp3) is 0.538. The van der Waals surface area contributed by atoms with Crippen LogP contribution in [-0.2, 0) is 6.42 Å². The number of nitrogens with two attached hydrogens (primary N) is 1. The van der Waals surface area contributed by atoms with Crippen LogP contribution in [0.3, 0.4) is 0 Å². The van der Waals surface area contributed by atoms with E-state index in [0.29, 0.717) is 16.1 Å². The molecule has 0 saturated heterocycles. The first-order valence-corrected chi connectivity index (χ1v) is 6.60. The van der Waals surface area contributed by atoms with Gasteiger partial charge < -0.3 is 5.73 Å². The molecule has 1 saturated carbocycles. The second-order valence-corrected chi connectivity index (χ2v) is 5.55. The Bertz CT molecular complexity index is 357. The van der Waals surface area contributed by atoms with Gasteiger partial charge in [0.2, 0.25) is 0 Å². The minimum Gasteiger partial charge on any atom is -0.328 e.